The number of Topliss-reactive ketones (excluding diaryl/α,β-unsaturated/α-hetero) is 1. The second-order valence-corrected chi connectivity index (χ2v) is 6.62. The molecule has 2 aromatic heterocycles. The molecular weight excluding hydrogens is 322 g/mol. The van der Waals surface area contributed by atoms with Gasteiger partial charge in [-0.2, -0.15) is 0 Å². The van der Waals surface area contributed by atoms with Crippen LogP contribution in [0, 0.1) is 6.92 Å². The molecule has 26 heavy (non-hydrogen) atoms. The molecule has 0 spiro atoms. The highest BCUT2D eigenvalue weighted by Crippen LogP contribution is 2.29. The van der Waals surface area contributed by atoms with E-state index in [-0.39, 0.29) is 11.7 Å². The first-order valence-corrected chi connectivity index (χ1v) is 8.66. The van der Waals surface area contributed by atoms with Gasteiger partial charge in [0.05, 0.1) is 11.6 Å². The molecule has 2 heterocycles. The minimum atomic E-state index is -0.374. The van der Waals surface area contributed by atoms with Gasteiger partial charge in [0.15, 0.2) is 5.78 Å². The Bertz CT molecular complexity index is 873. The highest BCUT2D eigenvalue weighted by atomic mass is 16.1. The van der Waals surface area contributed by atoms with Crippen molar-refractivity contribution in [2.45, 2.75) is 19.3 Å². The fourth-order valence-electron chi connectivity index (χ4n) is 3.07. The van der Waals surface area contributed by atoms with Crippen molar-refractivity contribution in [3.8, 4) is 0 Å². The van der Waals surface area contributed by atoms with E-state index in [4.69, 9.17) is 0 Å². The van der Waals surface area contributed by atoms with Gasteiger partial charge in [0.25, 0.3) is 0 Å². The quantitative estimate of drug-likeness (QED) is 0.682. The van der Waals surface area contributed by atoms with Gasteiger partial charge in [0.1, 0.15) is 0 Å². The van der Waals surface area contributed by atoms with E-state index in [1.165, 1.54) is 0 Å². The van der Waals surface area contributed by atoms with Crippen LogP contribution in [-0.2, 0) is 11.2 Å². The van der Waals surface area contributed by atoms with Crippen LogP contribution in [-0.4, -0.2) is 29.8 Å². The second-order valence-electron chi connectivity index (χ2n) is 6.62. The Morgan fingerprint density at radius 1 is 1.00 bits per heavy atom. The van der Waals surface area contributed by atoms with Gasteiger partial charge >= 0.3 is 0 Å². The predicted octanol–water partition coefficient (Wildman–Crippen LogP) is 3.79. The van der Waals surface area contributed by atoms with Gasteiger partial charge in [-0.1, -0.05) is 18.2 Å². The fraction of sp³-hybridized carbons (Fsp3) is 0.227. The number of nitrogens with zero attached hydrogens (tertiary/aromatic N) is 3. The van der Waals surface area contributed by atoms with Crippen LogP contribution >= 0.6 is 0 Å². The number of aromatic nitrogens is 2. The lowest BCUT2D eigenvalue weighted by Gasteiger charge is -2.19. The van der Waals surface area contributed by atoms with E-state index in [9.17, 15) is 4.79 Å². The Labute approximate surface area is 154 Å². The van der Waals surface area contributed by atoms with Gasteiger partial charge < -0.3 is 4.90 Å². The predicted molar refractivity (Wildman–Crippen MR) is 105 cm³/mol. The number of ketones is 1. The fourth-order valence-corrected chi connectivity index (χ4v) is 3.07. The molecule has 0 saturated carbocycles. The van der Waals surface area contributed by atoms with Crippen LogP contribution in [0.15, 0.2) is 67.1 Å². The first-order valence-electron chi connectivity index (χ1n) is 8.66. The number of rotatable bonds is 6. The minimum absolute atomic E-state index is 0.135. The van der Waals surface area contributed by atoms with Crippen molar-refractivity contribution in [1.29, 1.82) is 0 Å². The van der Waals surface area contributed by atoms with E-state index < -0.39 is 0 Å². The summed E-state index contributed by atoms with van der Waals surface area (Å²) in [7, 11) is 4.01. The molecule has 0 aliphatic heterocycles. The highest BCUT2D eigenvalue weighted by Gasteiger charge is 2.25. The van der Waals surface area contributed by atoms with E-state index in [0.717, 1.165) is 28.1 Å². The average molecular weight is 345 g/mol. The topological polar surface area (TPSA) is 46.1 Å². The van der Waals surface area contributed by atoms with Crippen LogP contribution in [0.1, 0.15) is 28.3 Å². The smallest absolute Gasteiger partial charge is 0.150 e. The Balaban J connectivity index is 1.99. The van der Waals surface area contributed by atoms with Gasteiger partial charge in [0.2, 0.25) is 0 Å². The molecule has 4 nitrogen and oxygen atoms in total. The number of anilines is 1. The molecule has 1 aromatic carbocycles. The maximum atomic E-state index is 13.2. The van der Waals surface area contributed by atoms with Crippen molar-refractivity contribution in [3.05, 3.63) is 89.5 Å². The molecule has 0 aliphatic carbocycles. The van der Waals surface area contributed by atoms with Gasteiger partial charge in [-0.3, -0.25) is 14.8 Å². The Morgan fingerprint density at radius 3 is 2.31 bits per heavy atom. The lowest BCUT2D eigenvalue weighted by Crippen LogP contribution is -2.19. The molecule has 0 bridgehead atoms. The van der Waals surface area contributed by atoms with E-state index >= 15 is 0 Å². The molecule has 1 unspecified atom stereocenters. The third-order valence-electron chi connectivity index (χ3n) is 4.52. The van der Waals surface area contributed by atoms with Gasteiger partial charge in [-0.15, -0.1) is 0 Å². The number of hydrogen-bond acceptors (Lipinski definition) is 4. The van der Waals surface area contributed by atoms with E-state index in [1.807, 2.05) is 74.4 Å². The maximum absolute atomic E-state index is 13.2. The van der Waals surface area contributed by atoms with Crippen LogP contribution in [0.4, 0.5) is 5.69 Å². The Kier molecular flexibility index (Phi) is 5.42. The number of pyridine rings is 2. The number of carbonyl (C=O) groups excluding carboxylic acids is 1. The lowest BCUT2D eigenvalue weighted by atomic mass is 9.86. The maximum Gasteiger partial charge on any atom is 0.150 e. The largest absolute Gasteiger partial charge is 0.378 e. The zero-order valence-corrected chi connectivity index (χ0v) is 15.4. The molecule has 3 aromatic rings. The van der Waals surface area contributed by atoms with Gasteiger partial charge in [-0.25, -0.2) is 0 Å². The molecule has 1 atom stereocenters. The summed E-state index contributed by atoms with van der Waals surface area (Å²) >= 11 is 0. The number of carbonyl (C=O) groups is 1. The molecule has 0 amide bonds. The third kappa shape index (κ3) is 3.97. The zero-order valence-electron chi connectivity index (χ0n) is 15.4. The first-order chi connectivity index (χ1) is 12.6. The van der Waals surface area contributed by atoms with Crippen molar-refractivity contribution in [2.24, 2.45) is 0 Å². The van der Waals surface area contributed by atoms with E-state index in [2.05, 4.69) is 9.97 Å². The normalized spacial score (nSPS) is 11.8. The Hall–Kier alpha value is -3.01. The van der Waals surface area contributed by atoms with Crippen LogP contribution in [0.25, 0.3) is 0 Å². The molecule has 132 valence electrons. The highest BCUT2D eigenvalue weighted by molar-refractivity contribution is 5.90. The van der Waals surface area contributed by atoms with Crippen molar-refractivity contribution in [2.75, 3.05) is 19.0 Å². The summed E-state index contributed by atoms with van der Waals surface area (Å²) < 4.78 is 0. The third-order valence-corrected chi connectivity index (χ3v) is 4.52. The number of aryl methyl sites for hydroxylation is 1. The lowest BCUT2D eigenvalue weighted by molar-refractivity contribution is -0.119. The summed E-state index contributed by atoms with van der Waals surface area (Å²) in [5, 5.41) is 0. The molecule has 3 rings (SSSR count). The van der Waals surface area contributed by atoms with Crippen molar-refractivity contribution >= 4 is 11.5 Å². The Morgan fingerprint density at radius 2 is 1.69 bits per heavy atom. The van der Waals surface area contributed by atoms with Gasteiger partial charge in [-0.05, 0) is 53.9 Å². The standard InChI is InChI=1S/C22H23N3O/c1-16-5-4-12-24-22(16)21(18-6-8-19(9-7-18)25(2)3)20(26)15-17-10-13-23-14-11-17/h4-14,21H,15H2,1-3H3. The van der Waals surface area contributed by atoms with Crippen molar-refractivity contribution in [1.82, 2.24) is 9.97 Å². The molecular formula is C22H23N3O. The monoisotopic (exact) mass is 345 g/mol. The molecule has 0 radical (unpaired) electrons. The van der Waals surface area contributed by atoms with Crippen LogP contribution in [0.2, 0.25) is 0 Å². The van der Waals surface area contributed by atoms with E-state index in [1.54, 1.807) is 18.6 Å². The molecule has 0 N–H and O–H groups in total. The van der Waals surface area contributed by atoms with Crippen LogP contribution in [0.3, 0.4) is 0 Å². The van der Waals surface area contributed by atoms with E-state index in [0.29, 0.717) is 6.42 Å². The summed E-state index contributed by atoms with van der Waals surface area (Å²) in [6.07, 6.45) is 5.55. The SMILES string of the molecule is Cc1cccnc1C(C(=O)Cc1ccncc1)c1ccc(N(C)C)cc1. The van der Waals surface area contributed by atoms with Crippen molar-refractivity contribution < 1.29 is 4.79 Å². The molecule has 0 aliphatic rings. The summed E-state index contributed by atoms with van der Waals surface area (Å²) in [5.74, 6) is -0.240. The first kappa shape index (κ1) is 17.8. The van der Waals surface area contributed by atoms with Crippen molar-refractivity contribution in [3.63, 3.8) is 0 Å². The average Bonchev–Trinajstić information content (AvgIpc) is 2.65. The van der Waals surface area contributed by atoms with Crippen LogP contribution in [0.5, 0.6) is 0 Å². The van der Waals surface area contributed by atoms with Gasteiger partial charge in [0, 0.05) is 44.8 Å². The summed E-state index contributed by atoms with van der Waals surface area (Å²) in [5.41, 5.74) is 4.89. The zero-order chi connectivity index (χ0) is 18.5. The number of hydrogen-bond donors (Lipinski definition) is 0. The summed E-state index contributed by atoms with van der Waals surface area (Å²) in [6, 6.07) is 15.8. The molecule has 4 heteroatoms. The molecule has 0 saturated heterocycles. The minimum Gasteiger partial charge on any atom is -0.378 e. The summed E-state index contributed by atoms with van der Waals surface area (Å²) in [6.45, 7) is 2.00. The second kappa shape index (κ2) is 7.91. The number of benzene rings is 1. The van der Waals surface area contributed by atoms with Crippen LogP contribution < -0.4 is 4.90 Å². The molecule has 0 fully saturated rings. The summed E-state index contributed by atoms with van der Waals surface area (Å²) in [4.78, 5) is 23.8.